The van der Waals surface area contributed by atoms with Crippen molar-refractivity contribution in [1.82, 2.24) is 15.3 Å². The Morgan fingerprint density at radius 1 is 1.53 bits per heavy atom. The molecule has 0 spiro atoms. The van der Waals surface area contributed by atoms with E-state index in [9.17, 15) is 4.79 Å². The van der Waals surface area contributed by atoms with Gasteiger partial charge in [-0.25, -0.2) is 4.98 Å². The summed E-state index contributed by atoms with van der Waals surface area (Å²) >= 11 is 6.07. The van der Waals surface area contributed by atoms with Crippen LogP contribution >= 0.6 is 11.6 Å². The van der Waals surface area contributed by atoms with Crippen LogP contribution in [-0.2, 0) is 17.8 Å². The summed E-state index contributed by atoms with van der Waals surface area (Å²) in [6.45, 7) is 6.49. The quantitative estimate of drug-likeness (QED) is 0.683. The number of rotatable bonds is 8. The summed E-state index contributed by atoms with van der Waals surface area (Å²) < 4.78 is 0. The maximum absolute atomic E-state index is 11.3. The number of unbranched alkanes of at least 4 members (excludes halogenated alkanes) is 1. The van der Waals surface area contributed by atoms with Crippen LogP contribution in [0.5, 0.6) is 0 Å². The Morgan fingerprint density at radius 2 is 2.21 bits per heavy atom. The average Bonchev–Trinajstić information content (AvgIpc) is 2.67. The van der Waals surface area contributed by atoms with E-state index in [0.717, 1.165) is 30.8 Å². The summed E-state index contributed by atoms with van der Waals surface area (Å²) in [5, 5.41) is 3.58. The molecule has 0 radical (unpaired) electrons. The van der Waals surface area contributed by atoms with Gasteiger partial charge < -0.3 is 10.7 Å². The number of nitrogens with zero attached hydrogens (tertiary/aromatic N) is 1. The van der Waals surface area contributed by atoms with Crippen molar-refractivity contribution in [1.29, 1.82) is 0 Å². The molecular weight excluding hydrogens is 264 g/mol. The fourth-order valence-electron chi connectivity index (χ4n) is 1.90. The fraction of sp³-hybridized carbons (Fsp3) is 0.692. The number of carbonyl (C=O) groups is 1. The predicted molar refractivity (Wildman–Crippen MR) is 76.9 cm³/mol. The molecule has 1 aromatic heterocycles. The number of nitrogens with one attached hydrogen (secondary N) is 2. The van der Waals surface area contributed by atoms with Gasteiger partial charge in [0.15, 0.2) is 5.15 Å². The van der Waals surface area contributed by atoms with Crippen LogP contribution in [0.1, 0.15) is 45.1 Å². The maximum atomic E-state index is 11.3. The summed E-state index contributed by atoms with van der Waals surface area (Å²) in [6.07, 6.45) is 3.08. The molecule has 1 unspecified atom stereocenters. The van der Waals surface area contributed by atoms with Gasteiger partial charge in [-0.15, -0.1) is 0 Å². The van der Waals surface area contributed by atoms with E-state index in [2.05, 4.69) is 22.2 Å². The molecule has 1 rings (SSSR count). The second-order valence-corrected chi connectivity index (χ2v) is 5.42. The van der Waals surface area contributed by atoms with Gasteiger partial charge in [0, 0.05) is 13.0 Å². The molecule has 5 nitrogen and oxygen atoms in total. The van der Waals surface area contributed by atoms with Crippen molar-refractivity contribution in [3.63, 3.8) is 0 Å². The van der Waals surface area contributed by atoms with Gasteiger partial charge in [-0.2, -0.15) is 0 Å². The minimum absolute atomic E-state index is 0.138. The number of H-pyrrole nitrogens is 1. The summed E-state index contributed by atoms with van der Waals surface area (Å²) in [6, 6.07) is -0.363. The van der Waals surface area contributed by atoms with Crippen molar-refractivity contribution < 1.29 is 4.79 Å². The minimum Gasteiger partial charge on any atom is -0.368 e. The van der Waals surface area contributed by atoms with E-state index in [1.54, 1.807) is 0 Å². The second-order valence-electron chi connectivity index (χ2n) is 5.06. The molecular formula is C13H23ClN4O. The molecule has 0 bridgehead atoms. The number of hydrogen-bond donors (Lipinski definition) is 3. The Kier molecular flexibility index (Phi) is 6.31. The minimum atomic E-state index is -0.363. The first-order valence-corrected chi connectivity index (χ1v) is 7.09. The van der Waals surface area contributed by atoms with Crippen LogP contribution in [0.15, 0.2) is 0 Å². The lowest BCUT2D eigenvalue weighted by atomic mass is 10.0. The number of amides is 1. The molecule has 4 N–H and O–H groups in total. The highest BCUT2D eigenvalue weighted by atomic mass is 35.5. The standard InChI is InChI=1S/C13H23ClN4O/c1-4-5-6-10-17-9(12(14)18-10)7-16-11(8(2)3)13(15)19/h8,11,16H,4-7H2,1-3H3,(H2,15,19)(H,17,18). The lowest BCUT2D eigenvalue weighted by Crippen LogP contribution is -2.44. The van der Waals surface area contributed by atoms with Crippen molar-refractivity contribution >= 4 is 17.5 Å². The summed E-state index contributed by atoms with van der Waals surface area (Å²) in [5.74, 6) is 0.680. The monoisotopic (exact) mass is 286 g/mol. The molecule has 0 saturated heterocycles. The summed E-state index contributed by atoms with van der Waals surface area (Å²) in [7, 11) is 0. The number of aryl methyl sites for hydroxylation is 1. The number of aromatic nitrogens is 2. The fourth-order valence-corrected chi connectivity index (χ4v) is 2.11. The van der Waals surface area contributed by atoms with Crippen LogP contribution < -0.4 is 11.1 Å². The zero-order chi connectivity index (χ0) is 14.4. The largest absolute Gasteiger partial charge is 0.368 e. The van der Waals surface area contributed by atoms with E-state index < -0.39 is 0 Å². The first-order valence-electron chi connectivity index (χ1n) is 6.71. The van der Waals surface area contributed by atoms with Crippen molar-refractivity contribution in [2.75, 3.05) is 0 Å². The van der Waals surface area contributed by atoms with Crippen molar-refractivity contribution in [3.8, 4) is 0 Å². The number of imidazole rings is 1. The molecule has 108 valence electrons. The molecule has 1 aromatic rings. The highest BCUT2D eigenvalue weighted by molar-refractivity contribution is 6.30. The molecule has 0 aliphatic carbocycles. The van der Waals surface area contributed by atoms with Gasteiger partial charge in [0.05, 0.1) is 11.7 Å². The van der Waals surface area contributed by atoms with Crippen molar-refractivity contribution in [2.45, 2.75) is 52.6 Å². The van der Waals surface area contributed by atoms with Crippen LogP contribution in [0.4, 0.5) is 0 Å². The van der Waals surface area contributed by atoms with E-state index in [4.69, 9.17) is 17.3 Å². The lowest BCUT2D eigenvalue weighted by molar-refractivity contribution is -0.121. The Bertz CT molecular complexity index is 417. The molecule has 0 saturated carbocycles. The Hall–Kier alpha value is -1.07. The molecule has 6 heteroatoms. The lowest BCUT2D eigenvalue weighted by Gasteiger charge is -2.18. The molecule has 0 fully saturated rings. The van der Waals surface area contributed by atoms with E-state index in [0.29, 0.717) is 11.7 Å². The number of primary amides is 1. The number of halogens is 1. The number of aromatic amines is 1. The van der Waals surface area contributed by atoms with Gasteiger partial charge >= 0.3 is 0 Å². The smallest absolute Gasteiger partial charge is 0.234 e. The van der Waals surface area contributed by atoms with Crippen LogP contribution in [0.25, 0.3) is 0 Å². The van der Waals surface area contributed by atoms with Crippen molar-refractivity contribution in [3.05, 3.63) is 16.7 Å². The van der Waals surface area contributed by atoms with Crippen molar-refractivity contribution in [2.24, 2.45) is 11.7 Å². The first kappa shape index (κ1) is 16.0. The second kappa shape index (κ2) is 7.50. The third-order valence-electron chi connectivity index (χ3n) is 3.02. The molecule has 0 aliphatic rings. The Labute approximate surface area is 119 Å². The van der Waals surface area contributed by atoms with Gasteiger partial charge in [0.25, 0.3) is 0 Å². The normalized spacial score (nSPS) is 12.9. The number of nitrogens with two attached hydrogens (primary N) is 1. The summed E-state index contributed by atoms with van der Waals surface area (Å²) in [5.41, 5.74) is 6.16. The van der Waals surface area contributed by atoms with E-state index in [1.807, 2.05) is 13.8 Å². The molecule has 1 heterocycles. The van der Waals surface area contributed by atoms with E-state index in [1.165, 1.54) is 0 Å². The molecule has 0 aliphatic heterocycles. The molecule has 19 heavy (non-hydrogen) atoms. The van der Waals surface area contributed by atoms with Crippen LogP contribution in [-0.4, -0.2) is 21.9 Å². The van der Waals surface area contributed by atoms with Gasteiger partial charge in [-0.1, -0.05) is 38.8 Å². The van der Waals surface area contributed by atoms with Gasteiger partial charge in [0.1, 0.15) is 5.82 Å². The van der Waals surface area contributed by atoms with Crippen LogP contribution in [0.2, 0.25) is 5.15 Å². The highest BCUT2D eigenvalue weighted by Gasteiger charge is 2.19. The van der Waals surface area contributed by atoms with Crippen LogP contribution in [0.3, 0.4) is 0 Å². The molecule has 1 atom stereocenters. The SMILES string of the molecule is CCCCc1nc(Cl)c(CNC(C(N)=O)C(C)C)[nH]1. The van der Waals surface area contributed by atoms with Crippen LogP contribution in [0, 0.1) is 5.92 Å². The maximum Gasteiger partial charge on any atom is 0.234 e. The van der Waals surface area contributed by atoms with Gasteiger partial charge in [0.2, 0.25) is 5.91 Å². The third kappa shape index (κ3) is 4.84. The molecule has 0 aromatic carbocycles. The average molecular weight is 287 g/mol. The first-order chi connectivity index (χ1) is 8.95. The third-order valence-corrected chi connectivity index (χ3v) is 3.33. The predicted octanol–water partition coefficient (Wildman–Crippen LogP) is 2.01. The number of carbonyl (C=O) groups excluding carboxylic acids is 1. The summed E-state index contributed by atoms with van der Waals surface area (Å²) in [4.78, 5) is 18.8. The Morgan fingerprint density at radius 3 is 2.74 bits per heavy atom. The van der Waals surface area contributed by atoms with E-state index in [-0.39, 0.29) is 17.9 Å². The zero-order valence-corrected chi connectivity index (χ0v) is 12.5. The highest BCUT2D eigenvalue weighted by Crippen LogP contribution is 2.14. The zero-order valence-electron chi connectivity index (χ0n) is 11.8. The van der Waals surface area contributed by atoms with Gasteiger partial charge in [-0.05, 0) is 12.3 Å². The molecule has 1 amide bonds. The van der Waals surface area contributed by atoms with Gasteiger partial charge in [-0.3, -0.25) is 10.1 Å². The number of hydrogen-bond acceptors (Lipinski definition) is 3. The van der Waals surface area contributed by atoms with E-state index >= 15 is 0 Å². The topological polar surface area (TPSA) is 83.8 Å². The Balaban J connectivity index is 2.61.